The van der Waals surface area contributed by atoms with Gasteiger partial charge in [0.05, 0.1) is 5.60 Å². The summed E-state index contributed by atoms with van der Waals surface area (Å²) in [6.07, 6.45) is 8.47. The van der Waals surface area contributed by atoms with E-state index in [0.29, 0.717) is 12.5 Å². The molecule has 114 valence electrons. The zero-order valence-electron chi connectivity index (χ0n) is 13.2. The first-order valence-corrected chi connectivity index (χ1v) is 8.00. The van der Waals surface area contributed by atoms with E-state index >= 15 is 0 Å². The van der Waals surface area contributed by atoms with E-state index in [1.165, 1.54) is 0 Å². The summed E-state index contributed by atoms with van der Waals surface area (Å²) in [6, 6.07) is 0.569. The Morgan fingerprint density at radius 3 is 2.85 bits per heavy atom. The average molecular weight is 279 g/mol. The van der Waals surface area contributed by atoms with Crippen LogP contribution < -0.4 is 0 Å². The van der Waals surface area contributed by atoms with Crippen LogP contribution in [0.15, 0.2) is 12.4 Å². The molecule has 1 aliphatic rings. The van der Waals surface area contributed by atoms with Gasteiger partial charge in [-0.1, -0.05) is 6.92 Å². The molecule has 1 unspecified atom stereocenters. The Labute approximate surface area is 122 Å². The van der Waals surface area contributed by atoms with E-state index in [4.69, 9.17) is 0 Å². The fourth-order valence-electron chi connectivity index (χ4n) is 3.14. The van der Waals surface area contributed by atoms with Crippen molar-refractivity contribution in [2.45, 2.75) is 71.1 Å². The van der Waals surface area contributed by atoms with Crippen molar-refractivity contribution in [2.24, 2.45) is 0 Å². The molecule has 0 radical (unpaired) electrons. The summed E-state index contributed by atoms with van der Waals surface area (Å²) < 4.78 is 2.18. The zero-order chi connectivity index (χ0) is 14.6. The van der Waals surface area contributed by atoms with Crippen molar-refractivity contribution in [2.75, 3.05) is 13.1 Å². The number of nitrogens with zero attached hydrogens (tertiary/aromatic N) is 3. The van der Waals surface area contributed by atoms with Crippen molar-refractivity contribution in [3.8, 4) is 0 Å². The fourth-order valence-corrected chi connectivity index (χ4v) is 3.14. The number of aliphatic hydroxyl groups is 1. The lowest BCUT2D eigenvalue weighted by molar-refractivity contribution is 0.0222. The monoisotopic (exact) mass is 279 g/mol. The predicted octanol–water partition coefficient (Wildman–Crippen LogP) is 2.46. The molecule has 1 aromatic rings. The van der Waals surface area contributed by atoms with Crippen LogP contribution in [0, 0.1) is 0 Å². The van der Waals surface area contributed by atoms with E-state index in [1.807, 2.05) is 12.4 Å². The summed E-state index contributed by atoms with van der Waals surface area (Å²) in [6.45, 7) is 9.72. The van der Waals surface area contributed by atoms with Crippen molar-refractivity contribution >= 4 is 0 Å². The summed E-state index contributed by atoms with van der Waals surface area (Å²) in [4.78, 5) is 6.92. The van der Waals surface area contributed by atoms with E-state index in [0.717, 1.165) is 51.1 Å². The zero-order valence-corrected chi connectivity index (χ0v) is 13.2. The van der Waals surface area contributed by atoms with Gasteiger partial charge in [0.2, 0.25) is 0 Å². The molecular formula is C16H29N3O. The standard InChI is InChI=1S/C16H29N3O/c1-4-9-19-12-8-17-15(19)13-16(20)6-5-10-18(11-7-16)14(2)3/h8,12,14,20H,4-7,9-11,13H2,1-3H3. The Kier molecular flexibility index (Phi) is 5.22. The van der Waals surface area contributed by atoms with Gasteiger partial charge in [-0.05, 0) is 46.1 Å². The molecule has 0 spiro atoms. The third kappa shape index (κ3) is 3.83. The molecule has 2 rings (SSSR count). The Balaban J connectivity index is 2.01. The molecule has 0 aliphatic carbocycles. The second kappa shape index (κ2) is 6.72. The van der Waals surface area contributed by atoms with Crippen molar-refractivity contribution < 1.29 is 5.11 Å². The molecule has 1 fully saturated rings. The lowest BCUT2D eigenvalue weighted by atomic mass is 9.91. The minimum absolute atomic E-state index is 0.569. The van der Waals surface area contributed by atoms with Gasteiger partial charge in [-0.25, -0.2) is 4.98 Å². The first-order valence-electron chi connectivity index (χ1n) is 8.00. The minimum Gasteiger partial charge on any atom is -0.389 e. The molecule has 2 heterocycles. The number of hydrogen-bond donors (Lipinski definition) is 1. The maximum Gasteiger partial charge on any atom is 0.111 e. The van der Waals surface area contributed by atoms with Crippen LogP contribution in [0.2, 0.25) is 0 Å². The molecule has 0 bridgehead atoms. The van der Waals surface area contributed by atoms with Crippen LogP contribution in [0.4, 0.5) is 0 Å². The van der Waals surface area contributed by atoms with Crippen LogP contribution in [0.25, 0.3) is 0 Å². The molecule has 4 nitrogen and oxygen atoms in total. The lowest BCUT2D eigenvalue weighted by Gasteiger charge is -2.28. The van der Waals surface area contributed by atoms with Crippen LogP contribution in [0.5, 0.6) is 0 Å². The van der Waals surface area contributed by atoms with Gasteiger partial charge in [-0.2, -0.15) is 0 Å². The smallest absolute Gasteiger partial charge is 0.111 e. The molecule has 20 heavy (non-hydrogen) atoms. The lowest BCUT2D eigenvalue weighted by Crippen LogP contribution is -2.36. The first-order chi connectivity index (χ1) is 9.54. The minimum atomic E-state index is -0.583. The van der Waals surface area contributed by atoms with Gasteiger partial charge in [0, 0.05) is 37.9 Å². The van der Waals surface area contributed by atoms with Gasteiger partial charge in [0.25, 0.3) is 0 Å². The Bertz CT molecular complexity index is 416. The highest BCUT2D eigenvalue weighted by molar-refractivity contribution is 5.00. The predicted molar refractivity (Wildman–Crippen MR) is 81.7 cm³/mol. The highest BCUT2D eigenvalue weighted by Crippen LogP contribution is 2.26. The summed E-state index contributed by atoms with van der Waals surface area (Å²) in [5.41, 5.74) is -0.583. The van der Waals surface area contributed by atoms with Gasteiger partial charge in [0.15, 0.2) is 0 Å². The summed E-state index contributed by atoms with van der Waals surface area (Å²) >= 11 is 0. The first kappa shape index (κ1) is 15.5. The number of aromatic nitrogens is 2. The topological polar surface area (TPSA) is 41.3 Å². The molecular weight excluding hydrogens is 250 g/mol. The van der Waals surface area contributed by atoms with E-state index < -0.39 is 5.60 Å². The Morgan fingerprint density at radius 1 is 1.35 bits per heavy atom. The molecule has 0 saturated carbocycles. The van der Waals surface area contributed by atoms with E-state index in [2.05, 4.69) is 35.2 Å². The maximum absolute atomic E-state index is 10.9. The van der Waals surface area contributed by atoms with E-state index in [1.54, 1.807) is 0 Å². The fraction of sp³-hybridized carbons (Fsp3) is 0.812. The van der Waals surface area contributed by atoms with Crippen molar-refractivity contribution in [3.05, 3.63) is 18.2 Å². The number of imidazole rings is 1. The molecule has 1 atom stereocenters. The molecule has 0 amide bonds. The van der Waals surface area contributed by atoms with Crippen LogP contribution in [-0.4, -0.2) is 44.3 Å². The normalized spacial score (nSPS) is 25.1. The highest BCUT2D eigenvalue weighted by Gasteiger charge is 2.32. The number of hydrogen-bond acceptors (Lipinski definition) is 3. The summed E-state index contributed by atoms with van der Waals surface area (Å²) in [5.74, 6) is 1.03. The van der Waals surface area contributed by atoms with Gasteiger partial charge >= 0.3 is 0 Å². The van der Waals surface area contributed by atoms with Gasteiger partial charge < -0.3 is 14.6 Å². The molecule has 1 aromatic heterocycles. The van der Waals surface area contributed by atoms with Crippen molar-refractivity contribution in [1.82, 2.24) is 14.5 Å². The molecule has 0 aromatic carbocycles. The van der Waals surface area contributed by atoms with Gasteiger partial charge in [0.1, 0.15) is 5.82 Å². The van der Waals surface area contributed by atoms with E-state index in [9.17, 15) is 5.11 Å². The maximum atomic E-state index is 10.9. The van der Waals surface area contributed by atoms with Crippen LogP contribution in [0.1, 0.15) is 52.3 Å². The Morgan fingerprint density at radius 2 is 2.15 bits per heavy atom. The van der Waals surface area contributed by atoms with Gasteiger partial charge in [-0.3, -0.25) is 0 Å². The molecule has 1 N–H and O–H groups in total. The second-order valence-corrected chi connectivity index (χ2v) is 6.42. The highest BCUT2D eigenvalue weighted by atomic mass is 16.3. The second-order valence-electron chi connectivity index (χ2n) is 6.42. The summed E-state index contributed by atoms with van der Waals surface area (Å²) in [5, 5.41) is 10.9. The largest absolute Gasteiger partial charge is 0.389 e. The third-order valence-corrected chi connectivity index (χ3v) is 4.44. The summed E-state index contributed by atoms with van der Waals surface area (Å²) in [7, 11) is 0. The molecule has 4 heteroatoms. The Hall–Kier alpha value is -0.870. The third-order valence-electron chi connectivity index (χ3n) is 4.44. The number of likely N-dealkylation sites (tertiary alicyclic amines) is 1. The van der Waals surface area contributed by atoms with Crippen molar-refractivity contribution in [1.29, 1.82) is 0 Å². The quantitative estimate of drug-likeness (QED) is 0.900. The van der Waals surface area contributed by atoms with E-state index in [-0.39, 0.29) is 0 Å². The van der Waals surface area contributed by atoms with Crippen LogP contribution >= 0.6 is 0 Å². The SMILES string of the molecule is CCCn1ccnc1CC1(O)CCCN(C(C)C)CC1. The molecule has 1 saturated heterocycles. The van der Waals surface area contributed by atoms with Crippen LogP contribution in [-0.2, 0) is 13.0 Å². The average Bonchev–Trinajstić information content (AvgIpc) is 2.70. The van der Waals surface area contributed by atoms with Crippen LogP contribution in [0.3, 0.4) is 0 Å². The van der Waals surface area contributed by atoms with Gasteiger partial charge in [-0.15, -0.1) is 0 Å². The number of aryl methyl sites for hydroxylation is 1. The molecule has 1 aliphatic heterocycles. The number of rotatable bonds is 5. The van der Waals surface area contributed by atoms with Crippen molar-refractivity contribution in [3.63, 3.8) is 0 Å².